The van der Waals surface area contributed by atoms with Crippen molar-refractivity contribution in [2.24, 2.45) is 0 Å². The highest BCUT2D eigenvalue weighted by Gasteiger charge is 2.64. The lowest BCUT2D eigenvalue weighted by atomic mass is 9.88. The van der Waals surface area contributed by atoms with Crippen molar-refractivity contribution in [3.05, 3.63) is 69.7 Å². The van der Waals surface area contributed by atoms with Crippen LogP contribution in [0.4, 0.5) is 40.8 Å². The Morgan fingerprint density at radius 3 is 1.45 bits per heavy atom. The molecule has 6 rings (SSSR count). The topological polar surface area (TPSA) is 106 Å². The predicted octanol–water partition coefficient (Wildman–Crippen LogP) is 5.26. The average molecular weight is 476 g/mol. The van der Waals surface area contributed by atoms with Crippen molar-refractivity contribution in [2.75, 3.05) is 0 Å². The van der Waals surface area contributed by atoms with Crippen LogP contribution in [0.2, 0.25) is 0 Å². The Morgan fingerprint density at radius 2 is 1.06 bits per heavy atom. The van der Waals surface area contributed by atoms with E-state index in [1.54, 1.807) is 0 Å². The van der Waals surface area contributed by atoms with Crippen molar-refractivity contribution in [1.29, 1.82) is 5.39 Å². The summed E-state index contributed by atoms with van der Waals surface area (Å²) < 4.78 is 147. The quantitative estimate of drug-likeness (QED) is 0.242. The Morgan fingerprint density at radius 1 is 0.742 bits per heavy atom. The minimum atomic E-state index is -4.97. The maximum Gasteiger partial charge on any atom is 0.394 e. The second-order valence-electron chi connectivity index (χ2n) is 6.13. The van der Waals surface area contributed by atoms with Crippen molar-refractivity contribution in [2.45, 2.75) is 23.7 Å². The van der Waals surface area contributed by atoms with Gasteiger partial charge in [-0.1, -0.05) is 30.3 Å². The van der Waals surface area contributed by atoms with Gasteiger partial charge in [-0.25, -0.2) is 8.42 Å². The molecule has 0 atom stereocenters. The summed E-state index contributed by atoms with van der Waals surface area (Å²) in [6, 6.07) is 1.29. The smallest absolute Gasteiger partial charge is 0.394 e. The first-order valence-electron chi connectivity index (χ1n) is 7.68. The molecule has 0 amide bonds. The van der Waals surface area contributed by atoms with Gasteiger partial charge in [0.1, 0.15) is 5.56 Å². The van der Waals surface area contributed by atoms with Gasteiger partial charge in [-0.15, -0.1) is 0 Å². The molecule has 15 heteroatoms. The molecule has 168 valence electrons. The SMILES string of the molecule is N#[N+]c1cc2ccc1C(F)(F)C(F)(F)c1ccc(cc1)C(F)(F)C2(F)F.O=S(=O)([O-])O. The van der Waals surface area contributed by atoms with E-state index in [2.05, 4.69) is 4.98 Å². The van der Waals surface area contributed by atoms with Crippen LogP contribution in [-0.2, 0) is 34.1 Å². The molecule has 2 aromatic rings. The first-order chi connectivity index (χ1) is 13.9. The molecule has 0 aromatic heterocycles. The molecule has 0 aliphatic heterocycles. The molecule has 0 spiro atoms. The van der Waals surface area contributed by atoms with Crippen LogP contribution in [0.25, 0.3) is 4.98 Å². The first-order valence-corrected chi connectivity index (χ1v) is 9.04. The summed E-state index contributed by atoms with van der Waals surface area (Å²) in [4.78, 5) is 2.30. The van der Waals surface area contributed by atoms with Crippen molar-refractivity contribution in [3.8, 4) is 0 Å². The zero-order valence-corrected chi connectivity index (χ0v) is 15.4. The third-order valence-corrected chi connectivity index (χ3v) is 4.20. The highest BCUT2D eigenvalue weighted by Crippen LogP contribution is 2.56. The minimum Gasteiger partial charge on any atom is -0.726 e. The second kappa shape index (κ2) is 7.39. The number of diazo groups is 1. The van der Waals surface area contributed by atoms with Gasteiger partial charge in [0, 0.05) is 22.8 Å². The van der Waals surface area contributed by atoms with Gasteiger partial charge in [0.15, 0.2) is 4.98 Å². The monoisotopic (exact) mass is 476 g/mol. The van der Waals surface area contributed by atoms with Crippen molar-refractivity contribution >= 4 is 16.1 Å². The standard InChI is InChI=1S/C16H7F8N2.H2O4S/c17-13(18)8-1-3-9(4-2-8)14(19,20)16(23,24)11-6-5-10(15(13,21)22)7-12(11)26-25;1-5(2,3)4/h1-7H;(H2,1,2,3,4)/q+1;/p-1. The van der Waals surface area contributed by atoms with E-state index in [1.807, 2.05) is 0 Å². The molecule has 6 nitrogen and oxygen atoms in total. The van der Waals surface area contributed by atoms with Crippen LogP contribution in [0.1, 0.15) is 22.3 Å². The van der Waals surface area contributed by atoms with E-state index >= 15 is 0 Å². The Kier molecular flexibility index (Phi) is 5.83. The molecule has 4 aliphatic rings. The van der Waals surface area contributed by atoms with Crippen LogP contribution in [0.5, 0.6) is 0 Å². The maximum atomic E-state index is 14.4. The summed E-state index contributed by atoms with van der Waals surface area (Å²) >= 11 is 0. The highest BCUT2D eigenvalue weighted by atomic mass is 32.3. The van der Waals surface area contributed by atoms with Crippen LogP contribution >= 0.6 is 0 Å². The van der Waals surface area contributed by atoms with Gasteiger partial charge in [-0.3, -0.25) is 4.55 Å². The van der Waals surface area contributed by atoms with E-state index < -0.39 is 62.0 Å². The zero-order valence-electron chi connectivity index (χ0n) is 14.5. The number of halogens is 8. The molecule has 0 heterocycles. The van der Waals surface area contributed by atoms with Crippen LogP contribution in [0.3, 0.4) is 0 Å². The van der Waals surface area contributed by atoms with E-state index in [0.29, 0.717) is 0 Å². The molecular weight excluding hydrogens is 468 g/mol. The normalized spacial score (nSPS) is 19.9. The molecule has 4 aliphatic carbocycles. The van der Waals surface area contributed by atoms with Crippen LogP contribution < -0.4 is 0 Å². The van der Waals surface area contributed by atoms with Crippen molar-refractivity contribution in [3.63, 3.8) is 0 Å². The fourth-order valence-electron chi connectivity index (χ4n) is 2.68. The number of hydrogen-bond donors (Lipinski definition) is 1. The Hall–Kier alpha value is -2.83. The van der Waals surface area contributed by atoms with Gasteiger partial charge in [-0.2, -0.15) is 35.1 Å². The molecule has 0 saturated heterocycles. The Bertz CT molecular complexity index is 1140. The molecule has 1 N–H and O–H groups in total. The fourth-order valence-corrected chi connectivity index (χ4v) is 2.68. The molecule has 0 fully saturated rings. The molecule has 4 bridgehead atoms. The molecule has 0 unspecified atom stereocenters. The number of alkyl halides is 8. The van der Waals surface area contributed by atoms with Crippen LogP contribution in [-0.4, -0.2) is 17.5 Å². The van der Waals surface area contributed by atoms with Gasteiger partial charge in [0.05, 0.1) is 0 Å². The zero-order chi connectivity index (χ0) is 24.0. The van der Waals surface area contributed by atoms with E-state index in [-0.39, 0.29) is 42.5 Å². The predicted molar refractivity (Wildman–Crippen MR) is 85.5 cm³/mol. The third kappa shape index (κ3) is 4.18. The number of hydrogen-bond acceptors (Lipinski definition) is 4. The van der Waals surface area contributed by atoms with Crippen molar-refractivity contribution < 1.29 is 52.6 Å². The molecule has 31 heavy (non-hydrogen) atoms. The summed E-state index contributed by atoms with van der Waals surface area (Å²) in [6.07, 6.45) is 0. The average Bonchev–Trinajstić information content (AvgIpc) is 2.65. The van der Waals surface area contributed by atoms with Gasteiger partial charge in [-0.05, 0) is 6.07 Å². The summed E-state index contributed by atoms with van der Waals surface area (Å²) in [5, 5.41) is 8.79. The fraction of sp³-hybridized carbons (Fsp3) is 0.250. The summed E-state index contributed by atoms with van der Waals surface area (Å²) in [6.45, 7) is 0. The van der Waals surface area contributed by atoms with E-state index in [1.165, 1.54) is 0 Å². The second-order valence-corrected chi connectivity index (χ2v) is 6.99. The van der Waals surface area contributed by atoms with E-state index in [9.17, 15) is 35.1 Å². The highest BCUT2D eigenvalue weighted by molar-refractivity contribution is 7.79. The lowest BCUT2D eigenvalue weighted by Crippen LogP contribution is -2.38. The summed E-state index contributed by atoms with van der Waals surface area (Å²) in [7, 11) is -4.92. The Labute approximate surface area is 168 Å². The van der Waals surface area contributed by atoms with E-state index in [4.69, 9.17) is 22.9 Å². The summed E-state index contributed by atoms with van der Waals surface area (Å²) in [5.41, 5.74) is -7.12. The van der Waals surface area contributed by atoms with Gasteiger partial charge < -0.3 is 4.55 Å². The lowest BCUT2D eigenvalue weighted by molar-refractivity contribution is -0.227. The lowest BCUT2D eigenvalue weighted by Gasteiger charge is -2.30. The largest absolute Gasteiger partial charge is 0.726 e. The third-order valence-electron chi connectivity index (χ3n) is 4.20. The molecule has 0 radical (unpaired) electrons. The van der Waals surface area contributed by atoms with E-state index in [0.717, 1.165) is 0 Å². The molecular formula is C16H8F8N2O4S. The number of rotatable bonds is 0. The van der Waals surface area contributed by atoms with Gasteiger partial charge in [0.25, 0.3) is 0 Å². The van der Waals surface area contributed by atoms with Crippen molar-refractivity contribution in [1.82, 2.24) is 0 Å². The molecule has 0 saturated carbocycles. The van der Waals surface area contributed by atoms with Crippen LogP contribution in [0, 0.1) is 5.39 Å². The first kappa shape index (κ1) is 24.4. The van der Waals surface area contributed by atoms with Crippen LogP contribution in [0.15, 0.2) is 42.5 Å². The maximum absolute atomic E-state index is 14.4. The number of nitrogens with zero attached hydrogens (tertiary/aromatic N) is 2. The van der Waals surface area contributed by atoms with Gasteiger partial charge in [0.2, 0.25) is 15.8 Å². The number of benzene rings is 2. The Balaban J connectivity index is 0.000000614. The van der Waals surface area contributed by atoms with Gasteiger partial charge >= 0.3 is 29.4 Å². The minimum absolute atomic E-state index is 0.0289. The summed E-state index contributed by atoms with van der Waals surface area (Å²) in [5.74, 6) is -19.6. The molecule has 2 aromatic carbocycles.